The van der Waals surface area contributed by atoms with Crippen molar-refractivity contribution in [3.05, 3.63) is 64.8 Å². The number of amides is 1. The molecule has 5 rings (SSSR count). The molecular formula is C23H22N4O4. The molecular weight excluding hydrogens is 396 g/mol. The lowest BCUT2D eigenvalue weighted by Gasteiger charge is -2.27. The van der Waals surface area contributed by atoms with E-state index in [-0.39, 0.29) is 23.7 Å². The molecule has 1 fully saturated rings. The summed E-state index contributed by atoms with van der Waals surface area (Å²) in [6.45, 7) is 1.42. The van der Waals surface area contributed by atoms with Gasteiger partial charge in [-0.2, -0.15) is 0 Å². The molecule has 2 aromatic carbocycles. The minimum atomic E-state index is -0.810. The summed E-state index contributed by atoms with van der Waals surface area (Å²) in [4.78, 5) is 35.1. The van der Waals surface area contributed by atoms with Crippen LogP contribution in [0.4, 0.5) is 5.95 Å². The smallest absolute Gasteiger partial charge is 0.306 e. The monoisotopic (exact) mass is 418 g/mol. The van der Waals surface area contributed by atoms with Crippen LogP contribution >= 0.6 is 0 Å². The highest BCUT2D eigenvalue weighted by Crippen LogP contribution is 2.34. The summed E-state index contributed by atoms with van der Waals surface area (Å²) in [6, 6.07) is 13.4. The van der Waals surface area contributed by atoms with Crippen LogP contribution in [0, 0.1) is 5.92 Å². The number of rotatable bonds is 3. The van der Waals surface area contributed by atoms with Crippen LogP contribution in [0.25, 0.3) is 10.9 Å². The van der Waals surface area contributed by atoms with Crippen LogP contribution in [0.1, 0.15) is 46.1 Å². The first kappa shape index (κ1) is 19.4. The van der Waals surface area contributed by atoms with Gasteiger partial charge in [-0.15, -0.1) is 0 Å². The van der Waals surface area contributed by atoms with E-state index in [9.17, 15) is 14.7 Å². The molecule has 0 bridgehead atoms. The average Bonchev–Trinajstić information content (AvgIpc) is 3.22. The summed E-state index contributed by atoms with van der Waals surface area (Å²) in [5, 5.41) is 9.97. The normalized spacial score (nSPS) is 20.6. The highest BCUT2D eigenvalue weighted by Gasteiger charge is 2.30. The van der Waals surface area contributed by atoms with Crippen molar-refractivity contribution in [1.82, 2.24) is 14.9 Å². The molecule has 0 saturated carbocycles. The van der Waals surface area contributed by atoms with Gasteiger partial charge in [-0.05, 0) is 41.7 Å². The average molecular weight is 418 g/mol. The van der Waals surface area contributed by atoms with E-state index in [2.05, 4.69) is 9.97 Å². The number of ether oxygens (including phenoxy) is 1. The number of nitrogens with zero attached hydrogens (tertiary/aromatic N) is 3. The van der Waals surface area contributed by atoms with Crippen molar-refractivity contribution >= 4 is 28.7 Å². The van der Waals surface area contributed by atoms with Gasteiger partial charge in [0.1, 0.15) is 5.69 Å². The predicted octanol–water partition coefficient (Wildman–Crippen LogP) is 2.92. The van der Waals surface area contributed by atoms with Crippen LogP contribution in [0.3, 0.4) is 0 Å². The van der Waals surface area contributed by atoms with E-state index in [0.717, 1.165) is 16.7 Å². The van der Waals surface area contributed by atoms with E-state index in [0.29, 0.717) is 43.4 Å². The number of carboxylic acids is 1. The lowest BCUT2D eigenvalue weighted by Crippen LogP contribution is -2.27. The Hall–Kier alpha value is -3.52. The molecule has 158 valence electrons. The highest BCUT2D eigenvalue weighted by molar-refractivity contribution is 6.05. The molecule has 1 amide bonds. The van der Waals surface area contributed by atoms with Crippen molar-refractivity contribution in [1.29, 1.82) is 0 Å². The number of carbonyl (C=O) groups excluding carboxylic acids is 1. The summed E-state index contributed by atoms with van der Waals surface area (Å²) >= 11 is 0. The van der Waals surface area contributed by atoms with Gasteiger partial charge in [0.05, 0.1) is 17.5 Å². The van der Waals surface area contributed by atoms with Gasteiger partial charge < -0.3 is 20.5 Å². The number of hydrogen-bond acceptors (Lipinski definition) is 6. The third-order valence-corrected chi connectivity index (χ3v) is 6.07. The second-order valence-corrected chi connectivity index (χ2v) is 8.06. The van der Waals surface area contributed by atoms with Crippen LogP contribution in [0.15, 0.2) is 42.5 Å². The number of carbonyl (C=O) groups is 2. The fourth-order valence-electron chi connectivity index (χ4n) is 4.41. The molecule has 3 aromatic rings. The summed E-state index contributed by atoms with van der Waals surface area (Å²) in [7, 11) is 0. The third kappa shape index (κ3) is 3.59. The molecule has 8 nitrogen and oxygen atoms in total. The number of hydrogen-bond donors (Lipinski definition) is 2. The topological polar surface area (TPSA) is 119 Å². The van der Waals surface area contributed by atoms with Gasteiger partial charge in [0.15, 0.2) is 0 Å². The lowest BCUT2D eigenvalue weighted by molar-refractivity contribution is -0.147. The van der Waals surface area contributed by atoms with E-state index in [1.807, 2.05) is 36.4 Å². The first-order valence-corrected chi connectivity index (χ1v) is 10.3. The molecule has 3 N–H and O–H groups in total. The minimum absolute atomic E-state index is 0.0418. The summed E-state index contributed by atoms with van der Waals surface area (Å²) in [6.07, 6.45) is 0.537. The molecule has 0 spiro atoms. The Morgan fingerprint density at radius 2 is 1.84 bits per heavy atom. The SMILES string of the molecule is Nc1nc(C(=O)N2Cc3ccccc3C2)c2cc(C3CC(C(=O)O)CCO3)ccc2n1. The van der Waals surface area contributed by atoms with Gasteiger partial charge >= 0.3 is 5.97 Å². The van der Waals surface area contributed by atoms with Crippen molar-refractivity contribution in [2.24, 2.45) is 5.92 Å². The van der Waals surface area contributed by atoms with Crippen molar-refractivity contribution in [3.8, 4) is 0 Å². The molecule has 0 radical (unpaired) electrons. The quantitative estimate of drug-likeness (QED) is 0.671. The maximum atomic E-state index is 13.4. The van der Waals surface area contributed by atoms with Gasteiger partial charge in [-0.25, -0.2) is 9.97 Å². The maximum Gasteiger partial charge on any atom is 0.306 e. The summed E-state index contributed by atoms with van der Waals surface area (Å²) in [5.74, 6) is -1.42. The summed E-state index contributed by atoms with van der Waals surface area (Å²) < 4.78 is 5.84. The largest absolute Gasteiger partial charge is 0.481 e. The van der Waals surface area contributed by atoms with Crippen molar-refractivity contribution in [2.75, 3.05) is 12.3 Å². The zero-order valence-corrected chi connectivity index (χ0v) is 16.8. The third-order valence-electron chi connectivity index (χ3n) is 6.07. The van der Waals surface area contributed by atoms with Crippen LogP contribution in [0.5, 0.6) is 0 Å². The van der Waals surface area contributed by atoms with Gasteiger partial charge in [0.25, 0.3) is 5.91 Å². The van der Waals surface area contributed by atoms with E-state index < -0.39 is 11.9 Å². The number of nitrogen functional groups attached to an aromatic ring is 1. The lowest BCUT2D eigenvalue weighted by atomic mass is 9.91. The van der Waals surface area contributed by atoms with E-state index >= 15 is 0 Å². The second-order valence-electron chi connectivity index (χ2n) is 8.06. The fraction of sp³-hybridized carbons (Fsp3) is 0.304. The van der Waals surface area contributed by atoms with Gasteiger partial charge in [0.2, 0.25) is 5.95 Å². The number of nitrogens with two attached hydrogens (primary N) is 1. The van der Waals surface area contributed by atoms with Gasteiger partial charge in [0, 0.05) is 25.1 Å². The number of fused-ring (bicyclic) bond motifs is 2. The first-order valence-electron chi connectivity index (χ1n) is 10.3. The molecule has 0 aliphatic carbocycles. The molecule has 8 heteroatoms. The molecule has 2 atom stereocenters. The van der Waals surface area contributed by atoms with E-state index in [4.69, 9.17) is 10.5 Å². The standard InChI is InChI=1S/C23H22N4O4/c24-23-25-18-6-5-13(19-10-14(22(29)30)7-8-31-19)9-17(18)20(26-23)21(28)27-11-15-3-1-2-4-16(15)12-27/h1-6,9,14,19H,7-8,10-12H2,(H,29,30)(H2,24,25,26). The molecule has 1 saturated heterocycles. The van der Waals surface area contributed by atoms with Gasteiger partial charge in [-0.3, -0.25) is 9.59 Å². The van der Waals surface area contributed by atoms with Crippen molar-refractivity contribution < 1.29 is 19.4 Å². The number of aliphatic carboxylic acids is 1. The van der Waals surface area contributed by atoms with Crippen LogP contribution in [0.2, 0.25) is 0 Å². The second kappa shape index (κ2) is 7.63. The summed E-state index contributed by atoms with van der Waals surface area (Å²) in [5.41, 5.74) is 9.78. The Balaban J connectivity index is 1.50. The van der Waals surface area contributed by atoms with Crippen LogP contribution in [-0.4, -0.2) is 38.5 Å². The Morgan fingerprint density at radius 1 is 1.10 bits per heavy atom. The Kier molecular flexibility index (Phi) is 4.78. The molecule has 2 unspecified atom stereocenters. The Labute approximate surface area is 178 Å². The predicted molar refractivity (Wildman–Crippen MR) is 113 cm³/mol. The number of anilines is 1. The first-order chi connectivity index (χ1) is 15.0. The van der Waals surface area contributed by atoms with Crippen LogP contribution < -0.4 is 5.73 Å². The molecule has 3 heterocycles. The number of aromatic nitrogens is 2. The number of benzene rings is 2. The zero-order valence-electron chi connectivity index (χ0n) is 16.8. The Morgan fingerprint density at radius 3 is 2.55 bits per heavy atom. The molecule has 1 aromatic heterocycles. The van der Waals surface area contributed by atoms with Crippen molar-refractivity contribution in [2.45, 2.75) is 32.0 Å². The molecule has 2 aliphatic rings. The fourth-order valence-corrected chi connectivity index (χ4v) is 4.41. The van der Waals surface area contributed by atoms with Gasteiger partial charge in [-0.1, -0.05) is 30.3 Å². The van der Waals surface area contributed by atoms with Crippen LogP contribution in [-0.2, 0) is 22.6 Å². The van der Waals surface area contributed by atoms with E-state index in [1.165, 1.54) is 0 Å². The zero-order chi connectivity index (χ0) is 21.5. The molecule has 31 heavy (non-hydrogen) atoms. The van der Waals surface area contributed by atoms with E-state index in [1.54, 1.807) is 11.0 Å². The number of carboxylic acid groups (broad SMARTS) is 1. The molecule has 2 aliphatic heterocycles. The Bertz CT molecular complexity index is 1170. The van der Waals surface area contributed by atoms with Crippen molar-refractivity contribution in [3.63, 3.8) is 0 Å². The highest BCUT2D eigenvalue weighted by atomic mass is 16.5. The maximum absolute atomic E-state index is 13.4. The minimum Gasteiger partial charge on any atom is -0.481 e.